The number of benzene rings is 1. The second-order valence-electron chi connectivity index (χ2n) is 4.88. The lowest BCUT2D eigenvalue weighted by atomic mass is 10.2. The van der Waals surface area contributed by atoms with Gasteiger partial charge < -0.3 is 15.5 Å². The maximum absolute atomic E-state index is 12.2. The van der Waals surface area contributed by atoms with Gasteiger partial charge in [0, 0.05) is 30.7 Å². The van der Waals surface area contributed by atoms with Crippen LogP contribution in [0.5, 0.6) is 0 Å². The van der Waals surface area contributed by atoms with Crippen molar-refractivity contribution in [3.8, 4) is 0 Å². The van der Waals surface area contributed by atoms with E-state index in [1.54, 1.807) is 18.2 Å². The number of aliphatic imine (C=N–C) groups is 1. The fraction of sp³-hybridized carbons (Fsp3) is 0.429. The molecule has 0 saturated carbocycles. The molecule has 0 radical (unpaired) electrons. The van der Waals surface area contributed by atoms with Crippen molar-refractivity contribution in [1.29, 1.82) is 0 Å². The van der Waals surface area contributed by atoms with Gasteiger partial charge in [-0.15, -0.1) is 24.0 Å². The first-order valence-corrected chi connectivity index (χ1v) is 7.57. The van der Waals surface area contributed by atoms with Crippen LogP contribution in [0.3, 0.4) is 0 Å². The lowest BCUT2D eigenvalue weighted by Crippen LogP contribution is -2.45. The minimum atomic E-state index is -4.43. The number of likely N-dealkylation sites (N-methyl/N-ethyl adjacent to an activating group) is 1. The summed E-state index contributed by atoms with van der Waals surface area (Å²) in [5.74, 6) is -0.449. The summed E-state index contributed by atoms with van der Waals surface area (Å²) in [4.78, 5) is 16.1. The van der Waals surface area contributed by atoms with Gasteiger partial charge in [0.15, 0.2) is 5.96 Å². The third-order valence-electron chi connectivity index (χ3n) is 2.93. The minimum Gasteiger partial charge on any atom is -0.352 e. The number of nitrogens with zero attached hydrogens (tertiary/aromatic N) is 2. The smallest absolute Gasteiger partial charge is 0.352 e. The molecular weight excluding hydrogens is 495 g/mol. The Hall–Kier alpha value is -0.940. The van der Waals surface area contributed by atoms with Crippen LogP contribution in [0.2, 0.25) is 10.0 Å². The van der Waals surface area contributed by atoms with E-state index in [4.69, 9.17) is 23.2 Å². The van der Waals surface area contributed by atoms with Gasteiger partial charge >= 0.3 is 6.18 Å². The van der Waals surface area contributed by atoms with E-state index >= 15 is 0 Å². The van der Waals surface area contributed by atoms with Gasteiger partial charge in [0.2, 0.25) is 5.91 Å². The van der Waals surface area contributed by atoms with Crippen molar-refractivity contribution in [1.82, 2.24) is 15.5 Å². The standard InChI is InChI=1S/C14H17Cl2F3N4O.HI/c1-20-13(21-6-9-3-4-10(15)5-11(9)16)22-7-12(24)23(2)8-14(17,18)19;/h3-5H,6-8H2,1-2H3,(H2,20,21,22);1H. The van der Waals surface area contributed by atoms with Gasteiger partial charge in [0.1, 0.15) is 6.54 Å². The number of guanidine groups is 1. The number of hydrogen-bond acceptors (Lipinski definition) is 2. The van der Waals surface area contributed by atoms with Crippen molar-refractivity contribution in [2.45, 2.75) is 12.7 Å². The largest absolute Gasteiger partial charge is 0.406 e. The molecule has 0 aromatic heterocycles. The van der Waals surface area contributed by atoms with Crippen LogP contribution in [0.1, 0.15) is 5.56 Å². The highest BCUT2D eigenvalue weighted by molar-refractivity contribution is 14.0. The van der Waals surface area contributed by atoms with Crippen molar-refractivity contribution in [2.24, 2.45) is 4.99 Å². The number of hydrogen-bond donors (Lipinski definition) is 2. The minimum absolute atomic E-state index is 0. The van der Waals surface area contributed by atoms with Crippen LogP contribution in [0.4, 0.5) is 13.2 Å². The summed E-state index contributed by atoms with van der Waals surface area (Å²) in [6, 6.07) is 5.00. The average molecular weight is 513 g/mol. The van der Waals surface area contributed by atoms with Gasteiger partial charge in [0.25, 0.3) is 0 Å². The van der Waals surface area contributed by atoms with Crippen LogP contribution >= 0.6 is 47.2 Å². The van der Waals surface area contributed by atoms with Gasteiger partial charge in [0.05, 0.1) is 6.54 Å². The SMILES string of the molecule is CN=C(NCC(=O)N(C)CC(F)(F)F)NCc1ccc(Cl)cc1Cl.I. The predicted molar refractivity (Wildman–Crippen MR) is 104 cm³/mol. The molecule has 142 valence electrons. The lowest BCUT2D eigenvalue weighted by Gasteiger charge is -2.20. The second kappa shape index (κ2) is 10.9. The van der Waals surface area contributed by atoms with Crippen LogP contribution in [-0.2, 0) is 11.3 Å². The van der Waals surface area contributed by atoms with E-state index in [2.05, 4.69) is 15.6 Å². The molecule has 0 fully saturated rings. The molecule has 11 heteroatoms. The van der Waals surface area contributed by atoms with E-state index in [-0.39, 0.29) is 36.5 Å². The normalized spacial score (nSPS) is 11.6. The zero-order chi connectivity index (χ0) is 18.3. The Bertz CT molecular complexity index is 614. The van der Waals surface area contributed by atoms with Crippen molar-refractivity contribution >= 4 is 59.0 Å². The number of nitrogens with one attached hydrogen (secondary N) is 2. The van der Waals surface area contributed by atoms with Crippen molar-refractivity contribution in [3.05, 3.63) is 33.8 Å². The Morgan fingerprint density at radius 1 is 1.28 bits per heavy atom. The van der Waals surface area contributed by atoms with Crippen LogP contribution in [0.25, 0.3) is 0 Å². The van der Waals surface area contributed by atoms with Gasteiger partial charge in [-0.05, 0) is 17.7 Å². The molecule has 1 aromatic carbocycles. The van der Waals surface area contributed by atoms with Crippen LogP contribution in [0, 0.1) is 0 Å². The topological polar surface area (TPSA) is 56.7 Å². The Morgan fingerprint density at radius 3 is 2.44 bits per heavy atom. The molecule has 0 bridgehead atoms. The Balaban J connectivity index is 0.00000576. The molecule has 1 rings (SSSR count). The molecule has 0 unspecified atom stereocenters. The third kappa shape index (κ3) is 9.36. The predicted octanol–water partition coefficient (Wildman–Crippen LogP) is 3.30. The molecule has 0 saturated heterocycles. The van der Waals surface area contributed by atoms with Crippen LogP contribution < -0.4 is 10.6 Å². The third-order valence-corrected chi connectivity index (χ3v) is 3.52. The zero-order valence-electron chi connectivity index (χ0n) is 13.5. The first-order chi connectivity index (χ1) is 11.1. The summed E-state index contributed by atoms with van der Waals surface area (Å²) >= 11 is 11.8. The zero-order valence-corrected chi connectivity index (χ0v) is 17.3. The lowest BCUT2D eigenvalue weighted by molar-refractivity contribution is -0.157. The monoisotopic (exact) mass is 512 g/mol. The first kappa shape index (κ1) is 24.1. The number of carbonyl (C=O) groups is 1. The number of rotatable bonds is 5. The molecule has 0 aliphatic heterocycles. The van der Waals surface area contributed by atoms with Gasteiger partial charge in [-0.3, -0.25) is 9.79 Å². The van der Waals surface area contributed by atoms with Crippen LogP contribution in [0.15, 0.2) is 23.2 Å². The molecular formula is C14H18Cl2F3IN4O. The molecule has 1 amide bonds. The summed E-state index contributed by atoms with van der Waals surface area (Å²) in [7, 11) is 2.56. The van der Waals surface area contributed by atoms with Gasteiger partial charge in [-0.2, -0.15) is 13.2 Å². The molecule has 0 spiro atoms. The van der Waals surface area contributed by atoms with Gasteiger partial charge in [-0.1, -0.05) is 29.3 Å². The fourth-order valence-corrected chi connectivity index (χ4v) is 2.19. The molecule has 1 aromatic rings. The molecule has 0 heterocycles. The highest BCUT2D eigenvalue weighted by Gasteiger charge is 2.31. The number of halogens is 6. The number of alkyl halides is 3. The van der Waals surface area contributed by atoms with Crippen LogP contribution in [-0.4, -0.2) is 50.1 Å². The molecule has 0 aliphatic carbocycles. The maximum Gasteiger partial charge on any atom is 0.406 e. The summed E-state index contributed by atoms with van der Waals surface area (Å²) in [5, 5.41) is 6.52. The van der Waals surface area contributed by atoms with E-state index in [0.717, 1.165) is 12.6 Å². The summed E-state index contributed by atoms with van der Waals surface area (Å²) in [5.41, 5.74) is 0.754. The molecule has 0 aliphatic rings. The quantitative estimate of drug-likeness (QED) is 0.361. The molecule has 5 nitrogen and oxygen atoms in total. The van der Waals surface area contributed by atoms with E-state index < -0.39 is 18.6 Å². The van der Waals surface area contributed by atoms with Gasteiger partial charge in [-0.25, -0.2) is 0 Å². The number of carbonyl (C=O) groups excluding carboxylic acids is 1. The summed E-state index contributed by atoms with van der Waals surface area (Å²) in [6.45, 7) is -1.32. The average Bonchev–Trinajstić information content (AvgIpc) is 2.47. The Labute approximate surface area is 171 Å². The highest BCUT2D eigenvalue weighted by Crippen LogP contribution is 2.20. The molecule has 0 atom stereocenters. The number of amides is 1. The Morgan fingerprint density at radius 2 is 1.92 bits per heavy atom. The van der Waals surface area contributed by atoms with Crippen molar-refractivity contribution < 1.29 is 18.0 Å². The molecule has 25 heavy (non-hydrogen) atoms. The summed E-state index contributed by atoms with van der Waals surface area (Å²) < 4.78 is 36.7. The molecule has 2 N–H and O–H groups in total. The first-order valence-electron chi connectivity index (χ1n) is 6.81. The second-order valence-corrected chi connectivity index (χ2v) is 5.72. The highest BCUT2D eigenvalue weighted by atomic mass is 127. The fourth-order valence-electron chi connectivity index (χ4n) is 1.72. The van der Waals surface area contributed by atoms with E-state index in [9.17, 15) is 18.0 Å². The van der Waals surface area contributed by atoms with E-state index in [1.165, 1.54) is 7.05 Å². The van der Waals surface area contributed by atoms with Crippen molar-refractivity contribution in [3.63, 3.8) is 0 Å². The maximum atomic E-state index is 12.2. The van der Waals surface area contributed by atoms with E-state index in [0.29, 0.717) is 21.5 Å². The van der Waals surface area contributed by atoms with Crippen molar-refractivity contribution in [2.75, 3.05) is 27.2 Å². The van der Waals surface area contributed by atoms with E-state index in [1.807, 2.05) is 0 Å². The summed E-state index contributed by atoms with van der Waals surface area (Å²) in [6.07, 6.45) is -4.43. The Kier molecular flexibility index (Phi) is 10.5.